The third kappa shape index (κ3) is 9.22. The van der Waals surface area contributed by atoms with Crippen LogP contribution in [0.5, 0.6) is 0 Å². The molecule has 0 spiro atoms. The maximum Gasteiger partial charge on any atom is -0.0313 e. The molecule has 0 heteroatoms. The van der Waals surface area contributed by atoms with Crippen molar-refractivity contribution in [2.75, 3.05) is 0 Å². The van der Waals surface area contributed by atoms with Gasteiger partial charge < -0.3 is 0 Å². The van der Waals surface area contributed by atoms with Gasteiger partial charge in [0.1, 0.15) is 0 Å². The average molecular weight is 150 g/mol. The molecule has 0 aromatic rings. The van der Waals surface area contributed by atoms with Crippen LogP contribution in [-0.4, -0.2) is 0 Å². The lowest BCUT2D eigenvalue weighted by Gasteiger charge is -1.84. The topological polar surface area (TPSA) is 0 Å². The van der Waals surface area contributed by atoms with E-state index in [4.69, 9.17) is 0 Å². The van der Waals surface area contributed by atoms with Crippen LogP contribution in [0.15, 0.2) is 36.0 Å². The molecule has 0 bridgehead atoms. The van der Waals surface area contributed by atoms with Gasteiger partial charge in [0.15, 0.2) is 0 Å². The molecule has 0 rings (SSSR count). The number of hydrogen-bond acceptors (Lipinski definition) is 0. The SMILES string of the molecule is C/C=C/CC/C=C/C=C(C)C. The highest BCUT2D eigenvalue weighted by atomic mass is 13.8. The van der Waals surface area contributed by atoms with Crippen LogP contribution in [0.2, 0.25) is 0 Å². The molecule has 0 unspecified atom stereocenters. The highest BCUT2D eigenvalue weighted by molar-refractivity contribution is 5.08. The van der Waals surface area contributed by atoms with Crippen molar-refractivity contribution in [1.29, 1.82) is 0 Å². The van der Waals surface area contributed by atoms with Gasteiger partial charge in [-0.25, -0.2) is 0 Å². The highest BCUT2D eigenvalue weighted by Gasteiger charge is 1.74. The first-order chi connectivity index (χ1) is 5.27. The van der Waals surface area contributed by atoms with Gasteiger partial charge in [-0.1, -0.05) is 36.0 Å². The lowest BCUT2D eigenvalue weighted by Crippen LogP contribution is -1.64. The number of allylic oxidation sites excluding steroid dienone is 6. The standard InChI is InChI=1S/C11H18/c1-4-5-6-7-8-9-10-11(2)3/h4-5,8-10H,6-7H2,1-3H3/b5-4+,9-8+. The smallest absolute Gasteiger partial charge is 0.0313 e. The average Bonchev–Trinajstić information content (AvgIpc) is 1.96. The zero-order chi connectivity index (χ0) is 8.53. The summed E-state index contributed by atoms with van der Waals surface area (Å²) in [5.74, 6) is 0. The molecule has 0 aromatic heterocycles. The van der Waals surface area contributed by atoms with Crippen molar-refractivity contribution in [2.24, 2.45) is 0 Å². The molecule has 0 nitrogen and oxygen atoms in total. The van der Waals surface area contributed by atoms with E-state index in [1.165, 1.54) is 5.57 Å². The normalized spacial score (nSPS) is 11.2. The molecular formula is C11H18. The molecular weight excluding hydrogens is 132 g/mol. The van der Waals surface area contributed by atoms with Gasteiger partial charge in [0.2, 0.25) is 0 Å². The summed E-state index contributed by atoms with van der Waals surface area (Å²) < 4.78 is 0. The molecule has 62 valence electrons. The van der Waals surface area contributed by atoms with E-state index in [1.807, 2.05) is 0 Å². The van der Waals surface area contributed by atoms with Crippen molar-refractivity contribution in [3.05, 3.63) is 36.0 Å². The van der Waals surface area contributed by atoms with Crippen LogP contribution in [0, 0.1) is 0 Å². The van der Waals surface area contributed by atoms with E-state index in [9.17, 15) is 0 Å². The van der Waals surface area contributed by atoms with E-state index in [-0.39, 0.29) is 0 Å². The van der Waals surface area contributed by atoms with Gasteiger partial charge in [-0.3, -0.25) is 0 Å². The first kappa shape index (κ1) is 10.2. The molecule has 0 saturated carbocycles. The van der Waals surface area contributed by atoms with Crippen LogP contribution >= 0.6 is 0 Å². The van der Waals surface area contributed by atoms with Crippen molar-refractivity contribution in [3.8, 4) is 0 Å². The van der Waals surface area contributed by atoms with Gasteiger partial charge in [0.05, 0.1) is 0 Å². The second kappa shape index (κ2) is 7.33. The Morgan fingerprint density at radius 1 is 1.09 bits per heavy atom. The molecule has 0 amide bonds. The fourth-order valence-electron chi connectivity index (χ4n) is 0.716. The fourth-order valence-corrected chi connectivity index (χ4v) is 0.716. The van der Waals surface area contributed by atoms with Crippen molar-refractivity contribution < 1.29 is 0 Å². The summed E-state index contributed by atoms with van der Waals surface area (Å²) in [7, 11) is 0. The van der Waals surface area contributed by atoms with Crippen LogP contribution < -0.4 is 0 Å². The van der Waals surface area contributed by atoms with Gasteiger partial charge in [0.25, 0.3) is 0 Å². The van der Waals surface area contributed by atoms with Crippen LogP contribution in [0.4, 0.5) is 0 Å². The lowest BCUT2D eigenvalue weighted by molar-refractivity contribution is 1.05. The van der Waals surface area contributed by atoms with E-state index >= 15 is 0 Å². The highest BCUT2D eigenvalue weighted by Crippen LogP contribution is 1.94. The van der Waals surface area contributed by atoms with Crippen LogP contribution in [0.25, 0.3) is 0 Å². The van der Waals surface area contributed by atoms with Gasteiger partial charge in [-0.05, 0) is 33.6 Å². The largest absolute Gasteiger partial charge is 0.0917 e. The minimum absolute atomic E-state index is 1.15. The Labute approximate surface area is 70.3 Å². The molecule has 0 heterocycles. The molecule has 0 aliphatic heterocycles. The van der Waals surface area contributed by atoms with Gasteiger partial charge in [-0.15, -0.1) is 0 Å². The number of rotatable bonds is 4. The molecule has 0 aromatic carbocycles. The summed E-state index contributed by atoms with van der Waals surface area (Å²) in [4.78, 5) is 0. The molecule has 0 radical (unpaired) electrons. The van der Waals surface area contributed by atoms with Gasteiger partial charge >= 0.3 is 0 Å². The summed E-state index contributed by atoms with van der Waals surface area (Å²) in [6.07, 6.45) is 13.0. The van der Waals surface area contributed by atoms with E-state index in [2.05, 4.69) is 51.2 Å². The maximum atomic E-state index is 2.20. The Hall–Kier alpha value is -0.780. The third-order valence-electron chi connectivity index (χ3n) is 1.30. The van der Waals surface area contributed by atoms with Crippen molar-refractivity contribution >= 4 is 0 Å². The molecule has 0 atom stereocenters. The van der Waals surface area contributed by atoms with Crippen LogP contribution in [-0.2, 0) is 0 Å². The first-order valence-electron chi connectivity index (χ1n) is 4.18. The van der Waals surface area contributed by atoms with Crippen LogP contribution in [0.1, 0.15) is 33.6 Å². The Morgan fingerprint density at radius 2 is 1.73 bits per heavy atom. The van der Waals surface area contributed by atoms with E-state index in [0.717, 1.165) is 12.8 Å². The zero-order valence-electron chi connectivity index (χ0n) is 7.80. The van der Waals surface area contributed by atoms with Crippen LogP contribution in [0.3, 0.4) is 0 Å². The van der Waals surface area contributed by atoms with E-state index in [1.54, 1.807) is 0 Å². The zero-order valence-corrected chi connectivity index (χ0v) is 7.80. The Bertz CT molecular complexity index is 155. The van der Waals surface area contributed by atoms with Crippen molar-refractivity contribution in [2.45, 2.75) is 33.6 Å². The predicted octanol–water partition coefficient (Wildman–Crippen LogP) is 3.87. The Morgan fingerprint density at radius 3 is 2.27 bits per heavy atom. The van der Waals surface area contributed by atoms with Gasteiger partial charge in [-0.2, -0.15) is 0 Å². The Kier molecular flexibility index (Phi) is 6.81. The number of unbranched alkanes of at least 4 members (excludes halogenated alkanes) is 1. The van der Waals surface area contributed by atoms with E-state index in [0.29, 0.717) is 0 Å². The quantitative estimate of drug-likeness (QED) is 0.324. The minimum atomic E-state index is 1.15. The predicted molar refractivity (Wildman–Crippen MR) is 52.6 cm³/mol. The van der Waals surface area contributed by atoms with Crippen molar-refractivity contribution in [3.63, 3.8) is 0 Å². The van der Waals surface area contributed by atoms with Gasteiger partial charge in [0, 0.05) is 0 Å². The monoisotopic (exact) mass is 150 g/mol. The molecule has 0 fully saturated rings. The summed E-state index contributed by atoms with van der Waals surface area (Å²) in [5, 5.41) is 0. The van der Waals surface area contributed by atoms with Crippen molar-refractivity contribution in [1.82, 2.24) is 0 Å². The number of hydrogen-bond donors (Lipinski definition) is 0. The molecule has 0 aliphatic rings. The Balaban J connectivity index is 3.38. The molecule has 0 saturated heterocycles. The summed E-state index contributed by atoms with van der Waals surface area (Å²) in [5.41, 5.74) is 1.35. The summed E-state index contributed by atoms with van der Waals surface area (Å²) >= 11 is 0. The second-order valence-electron chi connectivity index (χ2n) is 2.82. The summed E-state index contributed by atoms with van der Waals surface area (Å²) in [6, 6.07) is 0. The molecule has 0 aliphatic carbocycles. The summed E-state index contributed by atoms with van der Waals surface area (Å²) in [6.45, 7) is 6.27. The molecule has 11 heavy (non-hydrogen) atoms. The third-order valence-corrected chi connectivity index (χ3v) is 1.30. The maximum absolute atomic E-state index is 2.20. The fraction of sp³-hybridized carbons (Fsp3) is 0.455. The first-order valence-corrected chi connectivity index (χ1v) is 4.18. The molecule has 0 N–H and O–H groups in total. The van der Waals surface area contributed by atoms with E-state index < -0.39 is 0 Å². The lowest BCUT2D eigenvalue weighted by atomic mass is 10.2. The minimum Gasteiger partial charge on any atom is -0.0917 e. The second-order valence-corrected chi connectivity index (χ2v) is 2.82.